The molecule has 0 fully saturated rings. The van der Waals surface area contributed by atoms with E-state index in [0.717, 1.165) is 23.6 Å². The molecule has 0 spiro atoms. The van der Waals surface area contributed by atoms with Gasteiger partial charge in [-0.05, 0) is 62.2 Å². The van der Waals surface area contributed by atoms with E-state index in [1.807, 2.05) is 42.5 Å². The molecule has 0 bridgehead atoms. The van der Waals surface area contributed by atoms with Gasteiger partial charge in [0.2, 0.25) is 0 Å². The number of para-hydroxylation sites is 1. The average molecular weight is 317 g/mol. The minimum Gasteiger partial charge on any atom is -0.457 e. The molecule has 0 aliphatic rings. The third-order valence-corrected chi connectivity index (χ3v) is 3.91. The molecule has 0 amide bonds. The first-order valence-corrected chi connectivity index (χ1v) is 8.34. The number of hydrogen-bond acceptors (Lipinski definition) is 2. The number of ether oxygens (including phenoxy) is 1. The van der Waals surface area contributed by atoms with Crippen molar-refractivity contribution in [2.45, 2.75) is 26.3 Å². The Bertz CT molecular complexity index is 748. The highest BCUT2D eigenvalue weighted by Gasteiger charge is 2.04. The first-order valence-electron chi connectivity index (χ1n) is 8.34. The number of anilines is 1. The summed E-state index contributed by atoms with van der Waals surface area (Å²) in [6.45, 7) is 4.32. The van der Waals surface area contributed by atoms with Crippen molar-refractivity contribution in [1.82, 2.24) is 0 Å². The van der Waals surface area contributed by atoms with Crippen LogP contribution in [0.25, 0.3) is 0 Å². The summed E-state index contributed by atoms with van der Waals surface area (Å²) in [4.78, 5) is 0. The Morgan fingerprint density at radius 1 is 0.792 bits per heavy atom. The van der Waals surface area contributed by atoms with Crippen LogP contribution in [0.5, 0.6) is 11.5 Å². The van der Waals surface area contributed by atoms with Crippen LogP contribution >= 0.6 is 0 Å². The van der Waals surface area contributed by atoms with Crippen LogP contribution in [0.4, 0.5) is 5.69 Å². The molecule has 0 radical (unpaired) electrons. The Kier molecular flexibility index (Phi) is 5.17. The second-order valence-corrected chi connectivity index (χ2v) is 6.17. The minimum absolute atomic E-state index is 0.369. The molecular formula is C22H23NO. The molecule has 2 nitrogen and oxygen atoms in total. The monoisotopic (exact) mass is 317 g/mol. The molecule has 1 N–H and O–H groups in total. The van der Waals surface area contributed by atoms with Crippen LogP contribution in [0.1, 0.15) is 18.1 Å². The third kappa shape index (κ3) is 4.63. The normalized spacial score (nSPS) is 11.8. The molecule has 0 saturated heterocycles. The van der Waals surface area contributed by atoms with Crippen molar-refractivity contribution in [3.63, 3.8) is 0 Å². The van der Waals surface area contributed by atoms with Crippen molar-refractivity contribution in [2.75, 3.05) is 5.32 Å². The van der Waals surface area contributed by atoms with Gasteiger partial charge in [-0.15, -0.1) is 0 Å². The first-order chi connectivity index (χ1) is 11.7. The van der Waals surface area contributed by atoms with E-state index in [4.69, 9.17) is 4.74 Å². The van der Waals surface area contributed by atoms with Gasteiger partial charge in [0.15, 0.2) is 0 Å². The number of hydrogen-bond donors (Lipinski definition) is 1. The lowest BCUT2D eigenvalue weighted by Crippen LogP contribution is -2.17. The fraction of sp³-hybridized carbons (Fsp3) is 0.182. The van der Waals surface area contributed by atoms with Gasteiger partial charge in [-0.1, -0.05) is 48.0 Å². The molecule has 0 aliphatic heterocycles. The maximum atomic E-state index is 5.82. The Balaban J connectivity index is 1.56. The molecule has 0 heterocycles. The second kappa shape index (κ2) is 7.69. The van der Waals surface area contributed by atoms with Crippen LogP contribution in [0.15, 0.2) is 78.9 Å². The van der Waals surface area contributed by atoms with Gasteiger partial charge in [0, 0.05) is 11.7 Å². The lowest BCUT2D eigenvalue weighted by Gasteiger charge is -2.16. The largest absolute Gasteiger partial charge is 0.457 e. The SMILES string of the molecule is Cc1ccc(CC(C)Nc2ccc(Oc3ccccc3)cc2)cc1. The molecule has 3 rings (SSSR count). The standard InChI is InChI=1S/C22H23NO/c1-17-8-10-19(11-9-17)16-18(2)23-20-12-14-22(15-13-20)24-21-6-4-3-5-7-21/h3-15,18,23H,16H2,1-2H3. The number of aryl methyl sites for hydroxylation is 1. The molecule has 0 aliphatic carbocycles. The van der Waals surface area contributed by atoms with E-state index in [0.29, 0.717) is 6.04 Å². The van der Waals surface area contributed by atoms with Crippen molar-refractivity contribution in [3.05, 3.63) is 90.0 Å². The van der Waals surface area contributed by atoms with Gasteiger partial charge < -0.3 is 10.1 Å². The number of benzene rings is 3. The third-order valence-electron chi connectivity index (χ3n) is 3.91. The van der Waals surface area contributed by atoms with Crippen LogP contribution < -0.4 is 10.1 Å². The molecule has 0 saturated carbocycles. The fourth-order valence-corrected chi connectivity index (χ4v) is 2.66. The van der Waals surface area contributed by atoms with Crippen LogP contribution in [0, 0.1) is 6.92 Å². The smallest absolute Gasteiger partial charge is 0.127 e. The maximum absolute atomic E-state index is 5.82. The number of nitrogens with one attached hydrogen (secondary N) is 1. The first kappa shape index (κ1) is 16.1. The van der Waals surface area contributed by atoms with E-state index in [-0.39, 0.29) is 0 Å². The molecule has 0 aromatic heterocycles. The molecule has 122 valence electrons. The van der Waals surface area contributed by atoms with E-state index < -0.39 is 0 Å². The van der Waals surface area contributed by atoms with Gasteiger partial charge in [-0.3, -0.25) is 0 Å². The van der Waals surface area contributed by atoms with Gasteiger partial charge in [0.05, 0.1) is 0 Å². The van der Waals surface area contributed by atoms with E-state index in [2.05, 4.69) is 55.6 Å². The molecule has 3 aromatic carbocycles. The zero-order valence-corrected chi connectivity index (χ0v) is 14.2. The Morgan fingerprint density at radius 2 is 1.42 bits per heavy atom. The summed E-state index contributed by atoms with van der Waals surface area (Å²) in [6, 6.07) is 27.0. The zero-order valence-electron chi connectivity index (χ0n) is 14.2. The topological polar surface area (TPSA) is 21.3 Å². The van der Waals surface area contributed by atoms with Crippen molar-refractivity contribution in [2.24, 2.45) is 0 Å². The highest BCUT2D eigenvalue weighted by Crippen LogP contribution is 2.23. The van der Waals surface area contributed by atoms with E-state index in [9.17, 15) is 0 Å². The predicted octanol–water partition coefficient (Wildman–Crippen LogP) is 5.83. The summed E-state index contributed by atoms with van der Waals surface area (Å²) >= 11 is 0. The summed E-state index contributed by atoms with van der Waals surface area (Å²) in [7, 11) is 0. The van der Waals surface area contributed by atoms with Crippen LogP contribution in [0.2, 0.25) is 0 Å². The highest BCUT2D eigenvalue weighted by atomic mass is 16.5. The average Bonchev–Trinajstić information content (AvgIpc) is 2.60. The quantitative estimate of drug-likeness (QED) is 0.617. The summed E-state index contributed by atoms with van der Waals surface area (Å²) in [5, 5.41) is 3.54. The molecular weight excluding hydrogens is 294 g/mol. The van der Waals surface area contributed by atoms with Crippen LogP contribution in [-0.2, 0) is 6.42 Å². The summed E-state index contributed by atoms with van der Waals surface area (Å²) in [5.74, 6) is 1.70. The van der Waals surface area contributed by atoms with Crippen LogP contribution in [0.3, 0.4) is 0 Å². The van der Waals surface area contributed by atoms with E-state index in [1.165, 1.54) is 11.1 Å². The van der Waals surface area contributed by atoms with Gasteiger partial charge in [-0.25, -0.2) is 0 Å². The maximum Gasteiger partial charge on any atom is 0.127 e. The molecule has 1 unspecified atom stereocenters. The second-order valence-electron chi connectivity index (χ2n) is 6.17. The van der Waals surface area contributed by atoms with Crippen LogP contribution in [-0.4, -0.2) is 6.04 Å². The van der Waals surface area contributed by atoms with Gasteiger partial charge in [0.1, 0.15) is 11.5 Å². The van der Waals surface area contributed by atoms with Crippen molar-refractivity contribution in [1.29, 1.82) is 0 Å². The van der Waals surface area contributed by atoms with Crippen molar-refractivity contribution in [3.8, 4) is 11.5 Å². The lowest BCUT2D eigenvalue weighted by molar-refractivity contribution is 0.483. The molecule has 24 heavy (non-hydrogen) atoms. The van der Waals surface area contributed by atoms with Crippen molar-refractivity contribution < 1.29 is 4.74 Å². The molecule has 3 aromatic rings. The van der Waals surface area contributed by atoms with Gasteiger partial charge in [0.25, 0.3) is 0 Å². The predicted molar refractivity (Wildman–Crippen MR) is 101 cm³/mol. The molecule has 2 heteroatoms. The lowest BCUT2D eigenvalue weighted by atomic mass is 10.1. The van der Waals surface area contributed by atoms with Gasteiger partial charge in [-0.2, -0.15) is 0 Å². The Hall–Kier alpha value is -2.74. The van der Waals surface area contributed by atoms with Crippen molar-refractivity contribution >= 4 is 5.69 Å². The summed E-state index contributed by atoms with van der Waals surface area (Å²) < 4.78 is 5.82. The minimum atomic E-state index is 0.369. The Labute approximate surface area is 144 Å². The summed E-state index contributed by atoms with van der Waals surface area (Å²) in [6.07, 6.45) is 1.00. The van der Waals surface area contributed by atoms with Gasteiger partial charge >= 0.3 is 0 Å². The molecule has 1 atom stereocenters. The Morgan fingerprint density at radius 3 is 2.08 bits per heavy atom. The zero-order chi connectivity index (χ0) is 16.8. The van der Waals surface area contributed by atoms with E-state index >= 15 is 0 Å². The number of rotatable bonds is 6. The highest BCUT2D eigenvalue weighted by molar-refractivity contribution is 5.48. The fourth-order valence-electron chi connectivity index (χ4n) is 2.66. The van der Waals surface area contributed by atoms with E-state index in [1.54, 1.807) is 0 Å². The summed E-state index contributed by atoms with van der Waals surface area (Å²) in [5.41, 5.74) is 3.76.